The standard InChI is InChI=1S/C14H14Cl3N5O3/c1-22(2)14-20-11(19-13(18)21-14)5-25-12(23)6-24-10-4-8(16)7(15)3-9(10)17/h3-4H,5-6H2,1-2H3,(H2,18,19,20,21). The van der Waals surface area contributed by atoms with Crippen LogP contribution in [-0.4, -0.2) is 41.6 Å². The molecule has 0 saturated heterocycles. The average molecular weight is 407 g/mol. The van der Waals surface area contributed by atoms with Gasteiger partial charge in [-0.25, -0.2) is 4.79 Å². The van der Waals surface area contributed by atoms with Crippen molar-refractivity contribution in [1.82, 2.24) is 15.0 Å². The molecule has 25 heavy (non-hydrogen) atoms. The number of hydrogen-bond donors (Lipinski definition) is 1. The Morgan fingerprint density at radius 3 is 2.48 bits per heavy atom. The minimum absolute atomic E-state index is 0.0311. The fraction of sp³-hybridized carbons (Fsp3) is 0.286. The van der Waals surface area contributed by atoms with E-state index in [4.69, 9.17) is 50.0 Å². The number of anilines is 2. The van der Waals surface area contributed by atoms with Gasteiger partial charge in [-0.3, -0.25) is 0 Å². The molecule has 0 fully saturated rings. The maximum Gasteiger partial charge on any atom is 0.344 e. The molecule has 0 aliphatic carbocycles. The summed E-state index contributed by atoms with van der Waals surface area (Å²) in [6, 6.07) is 2.83. The van der Waals surface area contributed by atoms with Gasteiger partial charge in [0.2, 0.25) is 11.9 Å². The SMILES string of the molecule is CN(C)c1nc(N)nc(COC(=O)COc2cc(Cl)c(Cl)cc2Cl)n1. The van der Waals surface area contributed by atoms with Gasteiger partial charge in [0.25, 0.3) is 0 Å². The van der Waals surface area contributed by atoms with Crippen LogP contribution in [0.15, 0.2) is 12.1 Å². The zero-order valence-corrected chi connectivity index (χ0v) is 15.6. The molecule has 0 atom stereocenters. The van der Waals surface area contributed by atoms with Gasteiger partial charge in [0.05, 0.1) is 15.1 Å². The maximum atomic E-state index is 11.8. The van der Waals surface area contributed by atoms with Crippen LogP contribution in [-0.2, 0) is 16.1 Å². The molecule has 0 aliphatic heterocycles. The van der Waals surface area contributed by atoms with Crippen molar-refractivity contribution in [3.63, 3.8) is 0 Å². The lowest BCUT2D eigenvalue weighted by Gasteiger charge is -2.12. The van der Waals surface area contributed by atoms with Gasteiger partial charge >= 0.3 is 5.97 Å². The van der Waals surface area contributed by atoms with Crippen LogP contribution in [0.2, 0.25) is 15.1 Å². The van der Waals surface area contributed by atoms with E-state index in [1.165, 1.54) is 12.1 Å². The fourth-order valence-electron chi connectivity index (χ4n) is 1.63. The Bertz CT molecular complexity index is 789. The van der Waals surface area contributed by atoms with Crippen molar-refractivity contribution in [3.05, 3.63) is 33.0 Å². The molecule has 2 aromatic rings. The highest BCUT2D eigenvalue weighted by Gasteiger charge is 2.12. The second kappa shape index (κ2) is 8.37. The van der Waals surface area contributed by atoms with E-state index < -0.39 is 5.97 Å². The summed E-state index contributed by atoms with van der Waals surface area (Å²) in [4.78, 5) is 25.4. The Morgan fingerprint density at radius 1 is 1.12 bits per heavy atom. The summed E-state index contributed by atoms with van der Waals surface area (Å²) in [6.45, 7) is -0.552. The number of aromatic nitrogens is 3. The summed E-state index contributed by atoms with van der Waals surface area (Å²) >= 11 is 17.6. The van der Waals surface area contributed by atoms with Crippen LogP contribution in [0.1, 0.15) is 5.82 Å². The number of hydrogen-bond acceptors (Lipinski definition) is 8. The minimum atomic E-state index is -0.646. The van der Waals surface area contributed by atoms with Crippen molar-refractivity contribution < 1.29 is 14.3 Å². The quantitative estimate of drug-likeness (QED) is 0.577. The summed E-state index contributed by atoms with van der Waals surface area (Å²) in [5, 5.41) is 0.764. The molecule has 0 radical (unpaired) electrons. The van der Waals surface area contributed by atoms with Crippen LogP contribution in [0, 0.1) is 0 Å². The topological polar surface area (TPSA) is 103 Å². The van der Waals surface area contributed by atoms with Gasteiger partial charge in [-0.15, -0.1) is 0 Å². The molecule has 1 heterocycles. The zero-order chi connectivity index (χ0) is 18.6. The molecule has 1 aromatic heterocycles. The summed E-state index contributed by atoms with van der Waals surface area (Å²) in [7, 11) is 3.50. The number of carbonyl (C=O) groups is 1. The normalized spacial score (nSPS) is 10.4. The highest BCUT2D eigenvalue weighted by molar-refractivity contribution is 6.43. The van der Waals surface area contributed by atoms with Gasteiger partial charge in [0.1, 0.15) is 5.75 Å². The molecular weight excluding hydrogens is 393 g/mol. The van der Waals surface area contributed by atoms with Crippen LogP contribution in [0.4, 0.5) is 11.9 Å². The van der Waals surface area contributed by atoms with Crippen LogP contribution in [0.3, 0.4) is 0 Å². The number of halogens is 3. The van der Waals surface area contributed by atoms with Crippen LogP contribution < -0.4 is 15.4 Å². The van der Waals surface area contributed by atoms with E-state index >= 15 is 0 Å². The zero-order valence-electron chi connectivity index (χ0n) is 13.3. The first-order chi connectivity index (χ1) is 11.8. The van der Waals surface area contributed by atoms with Gasteiger partial charge in [-0.2, -0.15) is 15.0 Å². The van der Waals surface area contributed by atoms with Crippen molar-refractivity contribution in [2.45, 2.75) is 6.61 Å². The molecule has 0 unspecified atom stereocenters. The smallest absolute Gasteiger partial charge is 0.344 e. The lowest BCUT2D eigenvalue weighted by atomic mass is 10.3. The molecule has 134 valence electrons. The summed E-state index contributed by atoms with van der Waals surface area (Å²) in [6.07, 6.45) is 0. The Morgan fingerprint density at radius 2 is 1.80 bits per heavy atom. The highest BCUT2D eigenvalue weighted by atomic mass is 35.5. The Labute approximate surface area is 158 Å². The third-order valence-corrected chi connectivity index (χ3v) is 3.79. The maximum absolute atomic E-state index is 11.8. The number of nitrogen functional groups attached to an aromatic ring is 1. The highest BCUT2D eigenvalue weighted by Crippen LogP contribution is 2.33. The molecule has 11 heteroatoms. The number of benzene rings is 1. The molecule has 2 N–H and O–H groups in total. The third kappa shape index (κ3) is 5.48. The van der Waals surface area contributed by atoms with Gasteiger partial charge in [-0.05, 0) is 6.07 Å². The van der Waals surface area contributed by atoms with Crippen LogP contribution in [0.25, 0.3) is 0 Å². The van der Waals surface area contributed by atoms with Gasteiger partial charge in [0.15, 0.2) is 19.0 Å². The Kier molecular flexibility index (Phi) is 6.46. The largest absolute Gasteiger partial charge is 0.480 e. The molecule has 1 aromatic carbocycles. The van der Waals surface area contributed by atoms with E-state index in [1.807, 2.05) is 0 Å². The van der Waals surface area contributed by atoms with Crippen molar-refractivity contribution in [3.8, 4) is 5.75 Å². The molecule has 0 amide bonds. The first-order valence-corrected chi connectivity index (χ1v) is 8.00. The van der Waals surface area contributed by atoms with E-state index in [1.54, 1.807) is 19.0 Å². The number of nitrogens with two attached hydrogens (primary N) is 1. The lowest BCUT2D eigenvalue weighted by molar-refractivity contribution is -0.147. The number of rotatable bonds is 6. The monoisotopic (exact) mass is 405 g/mol. The number of esters is 1. The van der Waals surface area contributed by atoms with E-state index in [-0.39, 0.29) is 45.8 Å². The predicted molar refractivity (Wildman–Crippen MR) is 95.3 cm³/mol. The van der Waals surface area contributed by atoms with E-state index in [0.717, 1.165) is 0 Å². The number of nitrogens with zero attached hydrogens (tertiary/aromatic N) is 4. The molecule has 0 saturated carbocycles. The molecule has 2 rings (SSSR count). The third-order valence-electron chi connectivity index (χ3n) is 2.77. The lowest BCUT2D eigenvalue weighted by Crippen LogP contribution is -2.19. The fourth-order valence-corrected chi connectivity index (χ4v) is 2.22. The Balaban J connectivity index is 1.92. The Hall–Kier alpha value is -2.03. The predicted octanol–water partition coefficient (Wildman–Crippen LogP) is 2.60. The van der Waals surface area contributed by atoms with E-state index in [0.29, 0.717) is 5.95 Å². The molecular formula is C14H14Cl3N5O3. The van der Waals surface area contributed by atoms with E-state index in [9.17, 15) is 4.79 Å². The van der Waals surface area contributed by atoms with Gasteiger partial charge < -0.3 is 20.1 Å². The first-order valence-electron chi connectivity index (χ1n) is 6.87. The minimum Gasteiger partial charge on any atom is -0.480 e. The summed E-state index contributed by atoms with van der Waals surface area (Å²) in [5.74, 6) is 0.179. The average Bonchev–Trinajstić information content (AvgIpc) is 2.54. The summed E-state index contributed by atoms with van der Waals surface area (Å²) in [5.41, 5.74) is 5.59. The summed E-state index contributed by atoms with van der Waals surface area (Å²) < 4.78 is 10.3. The van der Waals surface area contributed by atoms with Crippen molar-refractivity contribution >= 4 is 52.7 Å². The van der Waals surface area contributed by atoms with Gasteiger partial charge in [0, 0.05) is 20.2 Å². The van der Waals surface area contributed by atoms with Crippen molar-refractivity contribution in [2.75, 3.05) is 31.3 Å². The first kappa shape index (κ1) is 19.3. The van der Waals surface area contributed by atoms with Crippen molar-refractivity contribution in [2.24, 2.45) is 0 Å². The second-order valence-electron chi connectivity index (χ2n) is 4.95. The molecule has 0 aliphatic rings. The second-order valence-corrected chi connectivity index (χ2v) is 6.17. The molecule has 8 nitrogen and oxygen atoms in total. The molecule has 0 bridgehead atoms. The molecule has 0 spiro atoms. The van der Waals surface area contributed by atoms with Crippen LogP contribution in [0.5, 0.6) is 5.75 Å². The van der Waals surface area contributed by atoms with Crippen molar-refractivity contribution in [1.29, 1.82) is 0 Å². The van der Waals surface area contributed by atoms with Crippen LogP contribution >= 0.6 is 34.8 Å². The number of carbonyl (C=O) groups excluding carboxylic acids is 1. The van der Waals surface area contributed by atoms with Gasteiger partial charge in [-0.1, -0.05) is 34.8 Å². The van der Waals surface area contributed by atoms with E-state index in [2.05, 4.69) is 15.0 Å². The number of ether oxygens (including phenoxy) is 2.